The number of hydrogen-bond acceptors (Lipinski definition) is 4. The van der Waals surface area contributed by atoms with E-state index in [0.29, 0.717) is 23.6 Å². The molecule has 0 atom stereocenters. The Labute approximate surface area is 127 Å². The van der Waals surface area contributed by atoms with E-state index in [1.165, 1.54) is 0 Å². The van der Waals surface area contributed by atoms with E-state index < -0.39 is 0 Å². The number of oxazole rings is 1. The van der Waals surface area contributed by atoms with Crippen LogP contribution in [-0.4, -0.2) is 18.0 Å². The van der Waals surface area contributed by atoms with Crippen LogP contribution in [0.1, 0.15) is 11.5 Å². The van der Waals surface area contributed by atoms with Crippen LogP contribution in [0, 0.1) is 6.92 Å². The Morgan fingerprint density at radius 1 is 1.23 bits per heavy atom. The first-order valence-corrected chi connectivity index (χ1v) is 6.94. The van der Waals surface area contributed by atoms with Crippen molar-refractivity contribution in [2.45, 2.75) is 13.3 Å². The van der Waals surface area contributed by atoms with Gasteiger partial charge in [0.1, 0.15) is 11.3 Å². The summed E-state index contributed by atoms with van der Waals surface area (Å²) in [7, 11) is 1.61. The minimum absolute atomic E-state index is 0.0790. The van der Waals surface area contributed by atoms with Gasteiger partial charge in [0.2, 0.25) is 5.91 Å². The van der Waals surface area contributed by atoms with Gasteiger partial charge in [-0.15, -0.1) is 0 Å². The number of fused-ring (bicyclic) bond motifs is 1. The molecule has 3 aromatic rings. The fourth-order valence-corrected chi connectivity index (χ4v) is 2.25. The van der Waals surface area contributed by atoms with E-state index in [-0.39, 0.29) is 5.91 Å². The maximum absolute atomic E-state index is 12.1. The van der Waals surface area contributed by atoms with Crippen molar-refractivity contribution in [2.75, 3.05) is 12.4 Å². The molecule has 0 radical (unpaired) electrons. The third-order valence-electron chi connectivity index (χ3n) is 3.30. The highest BCUT2D eigenvalue weighted by Gasteiger charge is 2.07. The van der Waals surface area contributed by atoms with Crippen LogP contribution in [0.15, 0.2) is 46.9 Å². The summed E-state index contributed by atoms with van der Waals surface area (Å²) in [4.78, 5) is 16.3. The molecule has 1 amide bonds. The largest absolute Gasteiger partial charge is 0.497 e. The summed E-state index contributed by atoms with van der Waals surface area (Å²) in [5.41, 5.74) is 3.08. The van der Waals surface area contributed by atoms with Gasteiger partial charge in [0.15, 0.2) is 11.5 Å². The number of nitrogens with one attached hydrogen (secondary N) is 1. The van der Waals surface area contributed by atoms with Crippen LogP contribution in [0.2, 0.25) is 0 Å². The SMILES string of the molecule is COc1ccc(CC(=O)Nc2ccc3oc(C)nc3c2)cc1. The van der Waals surface area contributed by atoms with Crippen molar-refractivity contribution < 1.29 is 13.9 Å². The molecule has 3 rings (SSSR count). The molecule has 112 valence electrons. The Balaban J connectivity index is 1.69. The predicted octanol–water partition coefficient (Wildman–Crippen LogP) is 3.33. The zero-order valence-electron chi connectivity index (χ0n) is 12.4. The predicted molar refractivity (Wildman–Crippen MR) is 84.1 cm³/mol. The van der Waals surface area contributed by atoms with Crippen LogP contribution in [-0.2, 0) is 11.2 Å². The highest BCUT2D eigenvalue weighted by atomic mass is 16.5. The van der Waals surface area contributed by atoms with E-state index in [1.807, 2.05) is 24.3 Å². The average Bonchev–Trinajstić information content (AvgIpc) is 2.87. The number of aromatic nitrogens is 1. The lowest BCUT2D eigenvalue weighted by Crippen LogP contribution is -2.14. The Morgan fingerprint density at radius 3 is 2.73 bits per heavy atom. The highest BCUT2D eigenvalue weighted by Crippen LogP contribution is 2.20. The lowest BCUT2D eigenvalue weighted by atomic mass is 10.1. The number of ether oxygens (including phenoxy) is 1. The number of carbonyl (C=O) groups excluding carboxylic acids is 1. The lowest BCUT2D eigenvalue weighted by Gasteiger charge is -2.06. The molecular weight excluding hydrogens is 280 g/mol. The first-order chi connectivity index (χ1) is 10.6. The molecule has 0 saturated heterocycles. The van der Waals surface area contributed by atoms with Crippen molar-refractivity contribution in [2.24, 2.45) is 0 Å². The molecule has 1 N–H and O–H groups in total. The number of rotatable bonds is 4. The maximum atomic E-state index is 12.1. The molecule has 5 heteroatoms. The standard InChI is InChI=1S/C17H16N2O3/c1-11-18-15-10-13(5-8-16(15)22-11)19-17(20)9-12-3-6-14(21-2)7-4-12/h3-8,10H,9H2,1-2H3,(H,19,20). The molecule has 0 aliphatic heterocycles. The maximum Gasteiger partial charge on any atom is 0.228 e. The van der Waals surface area contributed by atoms with Crippen LogP contribution in [0.4, 0.5) is 5.69 Å². The number of anilines is 1. The second-order valence-corrected chi connectivity index (χ2v) is 4.99. The van der Waals surface area contributed by atoms with Crippen molar-refractivity contribution in [3.63, 3.8) is 0 Å². The van der Waals surface area contributed by atoms with Gasteiger partial charge in [-0.25, -0.2) is 4.98 Å². The molecule has 0 spiro atoms. The molecule has 2 aromatic carbocycles. The Bertz CT molecular complexity index is 806. The van der Waals surface area contributed by atoms with Gasteiger partial charge in [-0.3, -0.25) is 4.79 Å². The van der Waals surface area contributed by atoms with Gasteiger partial charge in [0.25, 0.3) is 0 Å². The summed E-state index contributed by atoms with van der Waals surface area (Å²) >= 11 is 0. The number of benzene rings is 2. The third kappa shape index (κ3) is 3.09. The molecule has 5 nitrogen and oxygen atoms in total. The summed E-state index contributed by atoms with van der Waals surface area (Å²) in [5, 5.41) is 2.87. The number of carbonyl (C=O) groups is 1. The normalized spacial score (nSPS) is 10.6. The van der Waals surface area contributed by atoms with Gasteiger partial charge in [-0.2, -0.15) is 0 Å². The second kappa shape index (κ2) is 5.89. The topological polar surface area (TPSA) is 64.4 Å². The molecule has 0 unspecified atom stereocenters. The first-order valence-electron chi connectivity index (χ1n) is 6.94. The van der Waals surface area contributed by atoms with E-state index in [2.05, 4.69) is 10.3 Å². The third-order valence-corrected chi connectivity index (χ3v) is 3.30. The molecule has 0 saturated carbocycles. The summed E-state index contributed by atoms with van der Waals surface area (Å²) < 4.78 is 10.5. The lowest BCUT2D eigenvalue weighted by molar-refractivity contribution is -0.115. The molecule has 0 aliphatic carbocycles. The van der Waals surface area contributed by atoms with Gasteiger partial charge in [-0.05, 0) is 35.9 Å². The molecule has 0 fully saturated rings. The van der Waals surface area contributed by atoms with Crippen molar-refractivity contribution in [3.8, 4) is 5.75 Å². The molecule has 1 heterocycles. The van der Waals surface area contributed by atoms with Crippen molar-refractivity contribution in [1.29, 1.82) is 0 Å². The number of methoxy groups -OCH3 is 1. The van der Waals surface area contributed by atoms with Gasteiger partial charge in [-0.1, -0.05) is 12.1 Å². The van der Waals surface area contributed by atoms with Crippen molar-refractivity contribution >= 4 is 22.7 Å². The molecule has 22 heavy (non-hydrogen) atoms. The van der Waals surface area contributed by atoms with E-state index >= 15 is 0 Å². The monoisotopic (exact) mass is 296 g/mol. The van der Waals surface area contributed by atoms with Crippen molar-refractivity contribution in [1.82, 2.24) is 4.98 Å². The minimum atomic E-state index is -0.0790. The van der Waals surface area contributed by atoms with Crippen LogP contribution in [0.25, 0.3) is 11.1 Å². The second-order valence-electron chi connectivity index (χ2n) is 4.99. The molecule has 0 bridgehead atoms. The van der Waals surface area contributed by atoms with E-state index in [1.54, 1.807) is 32.2 Å². The van der Waals surface area contributed by atoms with E-state index in [4.69, 9.17) is 9.15 Å². The number of amides is 1. The Morgan fingerprint density at radius 2 is 2.00 bits per heavy atom. The molecule has 1 aromatic heterocycles. The van der Waals surface area contributed by atoms with E-state index in [9.17, 15) is 4.79 Å². The molecular formula is C17H16N2O3. The first kappa shape index (κ1) is 14.1. The minimum Gasteiger partial charge on any atom is -0.497 e. The highest BCUT2D eigenvalue weighted by molar-refractivity contribution is 5.94. The van der Waals surface area contributed by atoms with Crippen molar-refractivity contribution in [3.05, 3.63) is 53.9 Å². The number of hydrogen-bond donors (Lipinski definition) is 1. The number of aryl methyl sites for hydroxylation is 1. The summed E-state index contributed by atoms with van der Waals surface area (Å²) in [6, 6.07) is 12.8. The summed E-state index contributed by atoms with van der Waals surface area (Å²) in [6.07, 6.45) is 0.305. The van der Waals surface area contributed by atoms with Gasteiger partial charge >= 0.3 is 0 Å². The van der Waals surface area contributed by atoms with Gasteiger partial charge < -0.3 is 14.5 Å². The fourth-order valence-electron chi connectivity index (χ4n) is 2.25. The van der Waals surface area contributed by atoms with Crippen LogP contribution in [0.3, 0.4) is 0 Å². The molecule has 0 aliphatic rings. The van der Waals surface area contributed by atoms with Crippen LogP contribution in [0.5, 0.6) is 5.75 Å². The fraction of sp³-hybridized carbons (Fsp3) is 0.176. The smallest absolute Gasteiger partial charge is 0.228 e. The Kier molecular flexibility index (Phi) is 3.78. The van der Waals surface area contributed by atoms with Gasteiger partial charge in [0.05, 0.1) is 13.5 Å². The zero-order chi connectivity index (χ0) is 15.5. The van der Waals surface area contributed by atoms with Gasteiger partial charge in [0, 0.05) is 12.6 Å². The van der Waals surface area contributed by atoms with Crippen LogP contribution < -0.4 is 10.1 Å². The van der Waals surface area contributed by atoms with E-state index in [0.717, 1.165) is 16.8 Å². The average molecular weight is 296 g/mol. The summed E-state index contributed by atoms with van der Waals surface area (Å²) in [5.74, 6) is 1.30. The summed E-state index contributed by atoms with van der Waals surface area (Å²) in [6.45, 7) is 1.79. The zero-order valence-corrected chi connectivity index (χ0v) is 12.4. The Hall–Kier alpha value is -2.82. The van der Waals surface area contributed by atoms with Crippen LogP contribution >= 0.6 is 0 Å². The number of nitrogens with zero attached hydrogens (tertiary/aromatic N) is 1. The quantitative estimate of drug-likeness (QED) is 0.802.